The van der Waals surface area contributed by atoms with Gasteiger partial charge in [0.25, 0.3) is 0 Å². The molecular weight excluding hydrogens is 216 g/mol. The van der Waals surface area contributed by atoms with Gasteiger partial charge in [0.05, 0.1) is 0 Å². The zero-order valence-electron chi connectivity index (χ0n) is 14.2. The first-order valence-corrected chi connectivity index (χ1v) is 8.37. The third kappa shape index (κ3) is 5.33. The molecule has 0 aromatic heterocycles. The van der Waals surface area contributed by atoms with Gasteiger partial charge in [0.15, 0.2) is 0 Å². The standard InChI is InChI=1S/C18H38/c1-8-16(5)18(7,11-4)15-13-12-14-17(6,9-2)10-3/h16H,8-15H2,1-7H3. The lowest BCUT2D eigenvalue weighted by Gasteiger charge is -2.35. The van der Waals surface area contributed by atoms with Crippen molar-refractivity contribution >= 4 is 0 Å². The van der Waals surface area contributed by atoms with E-state index in [0.717, 1.165) is 5.92 Å². The summed E-state index contributed by atoms with van der Waals surface area (Å²) in [6.07, 6.45) is 11.0. The van der Waals surface area contributed by atoms with E-state index in [0.29, 0.717) is 10.8 Å². The van der Waals surface area contributed by atoms with E-state index in [2.05, 4.69) is 48.5 Å². The Balaban J connectivity index is 4.09. The van der Waals surface area contributed by atoms with E-state index >= 15 is 0 Å². The van der Waals surface area contributed by atoms with Gasteiger partial charge in [-0.1, -0.05) is 87.0 Å². The molecule has 0 bridgehead atoms. The Morgan fingerprint density at radius 1 is 0.778 bits per heavy atom. The Morgan fingerprint density at radius 2 is 1.28 bits per heavy atom. The summed E-state index contributed by atoms with van der Waals surface area (Å²) in [5.74, 6) is 0.867. The Morgan fingerprint density at radius 3 is 1.67 bits per heavy atom. The van der Waals surface area contributed by atoms with Crippen molar-refractivity contribution in [1.29, 1.82) is 0 Å². The van der Waals surface area contributed by atoms with E-state index in [1.54, 1.807) is 0 Å². The van der Waals surface area contributed by atoms with Crippen LogP contribution in [-0.2, 0) is 0 Å². The molecule has 0 rings (SSSR count). The summed E-state index contributed by atoms with van der Waals surface area (Å²) in [6, 6.07) is 0. The predicted octanol–water partition coefficient (Wildman–Crippen LogP) is 6.84. The molecule has 110 valence electrons. The van der Waals surface area contributed by atoms with Crippen LogP contribution in [-0.4, -0.2) is 0 Å². The number of hydrogen-bond donors (Lipinski definition) is 0. The minimum Gasteiger partial charge on any atom is -0.0651 e. The van der Waals surface area contributed by atoms with Crippen LogP contribution in [0.25, 0.3) is 0 Å². The topological polar surface area (TPSA) is 0 Å². The van der Waals surface area contributed by atoms with Crippen molar-refractivity contribution in [3.05, 3.63) is 0 Å². The average Bonchev–Trinajstić information content (AvgIpc) is 2.41. The lowest BCUT2D eigenvalue weighted by atomic mass is 9.70. The van der Waals surface area contributed by atoms with E-state index in [1.165, 1.54) is 51.4 Å². The highest BCUT2D eigenvalue weighted by Crippen LogP contribution is 2.39. The maximum atomic E-state index is 2.50. The van der Waals surface area contributed by atoms with Crippen LogP contribution in [0.5, 0.6) is 0 Å². The maximum absolute atomic E-state index is 2.50. The van der Waals surface area contributed by atoms with E-state index in [-0.39, 0.29) is 0 Å². The predicted molar refractivity (Wildman–Crippen MR) is 85.0 cm³/mol. The lowest BCUT2D eigenvalue weighted by Crippen LogP contribution is -2.24. The van der Waals surface area contributed by atoms with Gasteiger partial charge < -0.3 is 0 Å². The molecule has 2 unspecified atom stereocenters. The van der Waals surface area contributed by atoms with Crippen LogP contribution in [0.2, 0.25) is 0 Å². The fourth-order valence-corrected chi connectivity index (χ4v) is 2.95. The molecule has 0 saturated heterocycles. The second-order valence-electron chi connectivity index (χ2n) is 7.04. The van der Waals surface area contributed by atoms with Gasteiger partial charge in [-0.05, 0) is 29.6 Å². The molecule has 0 saturated carbocycles. The molecule has 0 aromatic rings. The van der Waals surface area contributed by atoms with Crippen molar-refractivity contribution in [2.45, 2.75) is 99.8 Å². The summed E-state index contributed by atoms with van der Waals surface area (Å²) in [5.41, 5.74) is 1.17. The SMILES string of the molecule is CCC(C)C(C)(CC)CCCCC(C)(CC)CC. The minimum atomic E-state index is 0.573. The molecular formula is C18H38. The monoisotopic (exact) mass is 254 g/mol. The molecule has 0 fully saturated rings. The number of hydrogen-bond acceptors (Lipinski definition) is 0. The zero-order chi connectivity index (χ0) is 14.2. The van der Waals surface area contributed by atoms with Gasteiger partial charge in [-0.3, -0.25) is 0 Å². The summed E-state index contributed by atoms with van der Waals surface area (Å²) < 4.78 is 0. The quantitative estimate of drug-likeness (QED) is 0.374. The van der Waals surface area contributed by atoms with Crippen LogP contribution in [0.1, 0.15) is 99.8 Å². The van der Waals surface area contributed by atoms with E-state index in [1.807, 2.05) is 0 Å². The summed E-state index contributed by atoms with van der Waals surface area (Å²) in [5, 5.41) is 0. The van der Waals surface area contributed by atoms with Crippen molar-refractivity contribution in [1.82, 2.24) is 0 Å². The van der Waals surface area contributed by atoms with E-state index in [9.17, 15) is 0 Å². The van der Waals surface area contributed by atoms with Gasteiger partial charge in [0, 0.05) is 0 Å². The molecule has 0 nitrogen and oxygen atoms in total. The summed E-state index contributed by atoms with van der Waals surface area (Å²) >= 11 is 0. The van der Waals surface area contributed by atoms with E-state index < -0.39 is 0 Å². The van der Waals surface area contributed by atoms with Gasteiger partial charge in [-0.15, -0.1) is 0 Å². The van der Waals surface area contributed by atoms with Gasteiger partial charge in [0.2, 0.25) is 0 Å². The molecule has 0 aliphatic rings. The third-order valence-corrected chi connectivity index (χ3v) is 6.10. The fraction of sp³-hybridized carbons (Fsp3) is 1.00. The second-order valence-corrected chi connectivity index (χ2v) is 7.04. The summed E-state index contributed by atoms with van der Waals surface area (Å²) in [4.78, 5) is 0. The van der Waals surface area contributed by atoms with Gasteiger partial charge >= 0.3 is 0 Å². The van der Waals surface area contributed by atoms with Gasteiger partial charge in [-0.25, -0.2) is 0 Å². The molecule has 2 atom stereocenters. The van der Waals surface area contributed by atoms with Crippen molar-refractivity contribution in [2.75, 3.05) is 0 Å². The molecule has 0 heterocycles. The Kier molecular flexibility index (Phi) is 8.23. The first kappa shape index (κ1) is 18.0. The normalized spacial score (nSPS) is 17.5. The summed E-state index contributed by atoms with van der Waals surface area (Å²) in [6.45, 7) is 16.8. The van der Waals surface area contributed by atoms with Crippen LogP contribution in [0.4, 0.5) is 0 Å². The minimum absolute atomic E-state index is 0.573. The second kappa shape index (κ2) is 8.23. The van der Waals surface area contributed by atoms with Crippen LogP contribution in [0.3, 0.4) is 0 Å². The first-order valence-electron chi connectivity index (χ1n) is 8.37. The average molecular weight is 255 g/mol. The largest absolute Gasteiger partial charge is 0.0651 e. The summed E-state index contributed by atoms with van der Waals surface area (Å²) in [7, 11) is 0. The Labute approximate surface area is 117 Å². The molecule has 0 aliphatic carbocycles. The van der Waals surface area contributed by atoms with Gasteiger partial charge in [0.1, 0.15) is 0 Å². The van der Waals surface area contributed by atoms with Crippen LogP contribution in [0.15, 0.2) is 0 Å². The third-order valence-electron chi connectivity index (χ3n) is 6.10. The van der Waals surface area contributed by atoms with Crippen LogP contribution < -0.4 is 0 Å². The van der Waals surface area contributed by atoms with Crippen LogP contribution >= 0.6 is 0 Å². The van der Waals surface area contributed by atoms with Crippen molar-refractivity contribution in [3.63, 3.8) is 0 Å². The smallest absolute Gasteiger partial charge is 0.0303 e. The fourth-order valence-electron chi connectivity index (χ4n) is 2.95. The zero-order valence-corrected chi connectivity index (χ0v) is 14.2. The first-order chi connectivity index (χ1) is 8.37. The molecule has 18 heavy (non-hydrogen) atoms. The Bertz CT molecular complexity index is 202. The molecule has 0 amide bonds. The van der Waals surface area contributed by atoms with Crippen molar-refractivity contribution in [2.24, 2.45) is 16.7 Å². The number of rotatable bonds is 10. The van der Waals surface area contributed by atoms with Crippen molar-refractivity contribution < 1.29 is 0 Å². The van der Waals surface area contributed by atoms with Crippen LogP contribution in [0, 0.1) is 16.7 Å². The maximum Gasteiger partial charge on any atom is -0.0303 e. The molecule has 0 aromatic carbocycles. The Hall–Kier alpha value is 0. The highest BCUT2D eigenvalue weighted by atomic mass is 14.3. The lowest BCUT2D eigenvalue weighted by molar-refractivity contribution is 0.159. The highest BCUT2D eigenvalue weighted by Gasteiger charge is 2.27. The number of unbranched alkanes of at least 4 members (excludes halogenated alkanes) is 1. The molecule has 0 heteroatoms. The highest BCUT2D eigenvalue weighted by molar-refractivity contribution is 4.79. The molecule has 0 spiro atoms. The van der Waals surface area contributed by atoms with Gasteiger partial charge in [-0.2, -0.15) is 0 Å². The molecule has 0 N–H and O–H groups in total. The molecule has 0 aliphatic heterocycles. The van der Waals surface area contributed by atoms with Crippen molar-refractivity contribution in [3.8, 4) is 0 Å². The van der Waals surface area contributed by atoms with E-state index in [4.69, 9.17) is 0 Å². The molecule has 0 radical (unpaired) electrons.